The van der Waals surface area contributed by atoms with E-state index >= 15 is 0 Å². The van der Waals surface area contributed by atoms with Crippen LogP contribution < -0.4 is 15.0 Å². The van der Waals surface area contributed by atoms with E-state index in [1.165, 1.54) is 23.1 Å². The Morgan fingerprint density at radius 2 is 1.71 bits per heavy atom. The number of esters is 1. The molecule has 10 nitrogen and oxygen atoms in total. The summed E-state index contributed by atoms with van der Waals surface area (Å²) in [6.07, 6.45) is -0.105. The lowest BCUT2D eigenvalue weighted by atomic mass is 10.1. The highest BCUT2D eigenvalue weighted by molar-refractivity contribution is 6.00. The third-order valence-electron chi connectivity index (χ3n) is 5.27. The van der Waals surface area contributed by atoms with E-state index in [1.54, 1.807) is 30.3 Å². The first-order valence-electron chi connectivity index (χ1n) is 10.7. The van der Waals surface area contributed by atoms with Crippen molar-refractivity contribution in [3.8, 4) is 11.5 Å². The van der Waals surface area contributed by atoms with Crippen LogP contribution in [0.3, 0.4) is 0 Å². The number of amides is 2. The first-order chi connectivity index (χ1) is 16.9. The van der Waals surface area contributed by atoms with Crippen LogP contribution >= 0.6 is 0 Å². The normalized spacial score (nSPS) is 14.9. The third kappa shape index (κ3) is 5.99. The lowest BCUT2D eigenvalue weighted by molar-refractivity contribution is -0.384. The van der Waals surface area contributed by atoms with Gasteiger partial charge in [0.1, 0.15) is 11.5 Å². The second-order valence-corrected chi connectivity index (χ2v) is 7.78. The van der Waals surface area contributed by atoms with Gasteiger partial charge in [-0.2, -0.15) is 0 Å². The first-order valence-corrected chi connectivity index (χ1v) is 10.7. The van der Waals surface area contributed by atoms with Gasteiger partial charge in [0.2, 0.25) is 5.91 Å². The predicted octanol–water partition coefficient (Wildman–Crippen LogP) is 3.92. The number of rotatable bonds is 8. The van der Waals surface area contributed by atoms with Crippen molar-refractivity contribution in [2.24, 2.45) is 5.92 Å². The number of anilines is 2. The van der Waals surface area contributed by atoms with Crippen molar-refractivity contribution < 1.29 is 28.8 Å². The molecule has 2 amide bonds. The number of hydrogen-bond acceptors (Lipinski definition) is 7. The Bertz CT molecular complexity index is 1250. The molecule has 1 N–H and O–H groups in total. The molecule has 0 radical (unpaired) electrons. The minimum Gasteiger partial charge on any atom is -0.457 e. The number of nitro benzene ring substituents is 1. The molecule has 0 saturated carbocycles. The molecule has 0 aliphatic carbocycles. The SMILES string of the molecule is O=C(COC(=O)[C@@H]1CC(=O)N(c2cccc([N+](=O)[O-])c2)C1)Nc1ccc(Oc2ccccc2)cc1. The van der Waals surface area contributed by atoms with Crippen molar-refractivity contribution in [3.63, 3.8) is 0 Å². The fraction of sp³-hybridized carbons (Fsp3) is 0.160. The summed E-state index contributed by atoms with van der Waals surface area (Å²) >= 11 is 0. The molecule has 1 saturated heterocycles. The molecule has 1 aliphatic heterocycles. The predicted molar refractivity (Wildman–Crippen MR) is 126 cm³/mol. The summed E-state index contributed by atoms with van der Waals surface area (Å²) in [5.41, 5.74) is 0.675. The molecule has 1 fully saturated rings. The lowest BCUT2D eigenvalue weighted by Crippen LogP contribution is -2.28. The van der Waals surface area contributed by atoms with Crippen LogP contribution in [0.5, 0.6) is 11.5 Å². The zero-order valence-corrected chi connectivity index (χ0v) is 18.5. The largest absolute Gasteiger partial charge is 0.457 e. The van der Waals surface area contributed by atoms with Gasteiger partial charge in [0, 0.05) is 30.8 Å². The van der Waals surface area contributed by atoms with Crippen LogP contribution in [0, 0.1) is 16.0 Å². The molecule has 35 heavy (non-hydrogen) atoms. The van der Waals surface area contributed by atoms with E-state index in [2.05, 4.69) is 5.32 Å². The maximum atomic E-state index is 12.4. The van der Waals surface area contributed by atoms with E-state index in [0.717, 1.165) is 0 Å². The Labute approximate surface area is 200 Å². The average molecular weight is 475 g/mol. The molecule has 0 bridgehead atoms. The van der Waals surface area contributed by atoms with E-state index in [1.807, 2.05) is 30.3 Å². The number of benzene rings is 3. The van der Waals surface area contributed by atoms with Crippen molar-refractivity contribution in [1.29, 1.82) is 0 Å². The number of non-ortho nitro benzene ring substituents is 1. The van der Waals surface area contributed by atoms with Crippen LogP contribution in [-0.4, -0.2) is 35.9 Å². The first kappa shape index (κ1) is 23.4. The van der Waals surface area contributed by atoms with Gasteiger partial charge < -0.3 is 19.7 Å². The number of carbonyl (C=O) groups excluding carboxylic acids is 3. The number of nitro groups is 1. The molecule has 0 unspecified atom stereocenters. The van der Waals surface area contributed by atoms with Crippen molar-refractivity contribution in [2.75, 3.05) is 23.4 Å². The summed E-state index contributed by atoms with van der Waals surface area (Å²) in [6, 6.07) is 21.6. The van der Waals surface area contributed by atoms with Gasteiger partial charge in [-0.1, -0.05) is 24.3 Å². The Kier molecular flexibility index (Phi) is 7.01. The van der Waals surface area contributed by atoms with Gasteiger partial charge in [0.25, 0.3) is 11.6 Å². The highest BCUT2D eigenvalue weighted by Crippen LogP contribution is 2.28. The highest BCUT2D eigenvalue weighted by Gasteiger charge is 2.36. The molecule has 0 spiro atoms. The van der Waals surface area contributed by atoms with E-state index in [0.29, 0.717) is 22.9 Å². The van der Waals surface area contributed by atoms with Crippen LogP contribution in [0.4, 0.5) is 17.1 Å². The minimum absolute atomic E-state index is 0.0172. The summed E-state index contributed by atoms with van der Waals surface area (Å²) in [5.74, 6) is -1.06. The van der Waals surface area contributed by atoms with Crippen molar-refractivity contribution in [1.82, 2.24) is 0 Å². The molecule has 10 heteroatoms. The number of para-hydroxylation sites is 1. The van der Waals surface area contributed by atoms with Crippen molar-refractivity contribution >= 4 is 34.8 Å². The monoisotopic (exact) mass is 475 g/mol. The average Bonchev–Trinajstić information content (AvgIpc) is 3.26. The van der Waals surface area contributed by atoms with Crippen molar-refractivity contribution in [2.45, 2.75) is 6.42 Å². The van der Waals surface area contributed by atoms with Gasteiger partial charge in [-0.25, -0.2) is 0 Å². The second-order valence-electron chi connectivity index (χ2n) is 7.78. The second kappa shape index (κ2) is 10.5. The van der Waals surface area contributed by atoms with Gasteiger partial charge in [-0.05, 0) is 42.5 Å². The van der Waals surface area contributed by atoms with Crippen LogP contribution in [0.25, 0.3) is 0 Å². The molecule has 1 aliphatic rings. The number of ether oxygens (including phenoxy) is 2. The lowest BCUT2D eigenvalue weighted by Gasteiger charge is -2.16. The topological polar surface area (TPSA) is 128 Å². The third-order valence-corrected chi connectivity index (χ3v) is 5.27. The molecular formula is C25H21N3O7. The maximum Gasteiger partial charge on any atom is 0.311 e. The molecule has 178 valence electrons. The summed E-state index contributed by atoms with van der Waals surface area (Å²) in [7, 11) is 0. The van der Waals surface area contributed by atoms with Crippen LogP contribution in [0.1, 0.15) is 6.42 Å². The van der Waals surface area contributed by atoms with Gasteiger partial charge in [0.05, 0.1) is 16.5 Å². The van der Waals surface area contributed by atoms with Crippen LogP contribution in [0.2, 0.25) is 0 Å². The fourth-order valence-corrected chi connectivity index (χ4v) is 3.57. The maximum absolute atomic E-state index is 12.4. The molecule has 1 atom stereocenters. The van der Waals surface area contributed by atoms with Crippen LogP contribution in [0.15, 0.2) is 78.9 Å². The number of hydrogen-bond donors (Lipinski definition) is 1. The summed E-state index contributed by atoms with van der Waals surface area (Å²) in [4.78, 5) is 48.7. The van der Waals surface area contributed by atoms with E-state index in [4.69, 9.17) is 9.47 Å². The zero-order valence-electron chi connectivity index (χ0n) is 18.5. The van der Waals surface area contributed by atoms with E-state index in [-0.39, 0.29) is 24.6 Å². The molecule has 4 rings (SSSR count). The highest BCUT2D eigenvalue weighted by atomic mass is 16.6. The summed E-state index contributed by atoms with van der Waals surface area (Å²) in [6.45, 7) is -0.494. The Balaban J connectivity index is 1.26. The Morgan fingerprint density at radius 3 is 2.43 bits per heavy atom. The quantitative estimate of drug-likeness (QED) is 0.297. The molecule has 0 aromatic heterocycles. The van der Waals surface area contributed by atoms with Gasteiger partial charge in [-0.15, -0.1) is 0 Å². The zero-order chi connectivity index (χ0) is 24.8. The Morgan fingerprint density at radius 1 is 1.00 bits per heavy atom. The molecule has 3 aromatic carbocycles. The van der Waals surface area contributed by atoms with E-state index < -0.39 is 29.3 Å². The summed E-state index contributed by atoms with van der Waals surface area (Å²) < 4.78 is 10.8. The molecular weight excluding hydrogens is 454 g/mol. The standard InChI is InChI=1S/C25H21N3O7/c29-23(26-18-9-11-22(12-10-18)35-21-7-2-1-3-8-21)16-34-25(31)17-13-24(30)27(15-17)19-5-4-6-20(14-19)28(32)33/h1-12,14,17H,13,15-16H2,(H,26,29)/t17-/m1/s1. The van der Waals surface area contributed by atoms with Gasteiger partial charge in [-0.3, -0.25) is 24.5 Å². The van der Waals surface area contributed by atoms with Crippen LogP contribution in [-0.2, 0) is 19.1 Å². The van der Waals surface area contributed by atoms with E-state index in [9.17, 15) is 24.5 Å². The van der Waals surface area contributed by atoms with Gasteiger partial charge >= 0.3 is 5.97 Å². The number of nitrogens with zero attached hydrogens (tertiary/aromatic N) is 2. The molecule has 3 aromatic rings. The molecule has 1 heterocycles. The number of carbonyl (C=O) groups is 3. The Hall–Kier alpha value is -4.73. The van der Waals surface area contributed by atoms with Crippen molar-refractivity contribution in [3.05, 3.63) is 89.0 Å². The minimum atomic E-state index is -0.774. The smallest absolute Gasteiger partial charge is 0.311 e. The number of nitrogens with one attached hydrogen (secondary N) is 1. The fourth-order valence-electron chi connectivity index (χ4n) is 3.57. The summed E-state index contributed by atoms with van der Waals surface area (Å²) in [5, 5.41) is 13.6. The van der Waals surface area contributed by atoms with Gasteiger partial charge in [0.15, 0.2) is 6.61 Å².